The van der Waals surface area contributed by atoms with Gasteiger partial charge in [-0.15, -0.1) is 11.6 Å². The van der Waals surface area contributed by atoms with Gasteiger partial charge in [-0.2, -0.15) is 0 Å². The fourth-order valence-electron chi connectivity index (χ4n) is 4.85. The Labute approximate surface area is 239 Å². The lowest BCUT2D eigenvalue weighted by Crippen LogP contribution is -2.15. The quantitative estimate of drug-likeness (QED) is 0.144. The largest absolute Gasteiger partial charge is 0.495 e. The molecule has 1 unspecified atom stereocenters. The highest BCUT2D eigenvalue weighted by Gasteiger charge is 2.31. The number of hydrogen-bond donors (Lipinski definition) is 0. The average molecular weight is 593 g/mol. The van der Waals surface area contributed by atoms with Crippen LogP contribution in [0.2, 0.25) is 5.02 Å². The van der Waals surface area contributed by atoms with Gasteiger partial charge in [0.15, 0.2) is 5.16 Å². The Kier molecular flexibility index (Phi) is 8.64. The minimum atomic E-state index is -0.706. The summed E-state index contributed by atoms with van der Waals surface area (Å²) in [6, 6.07) is 14.2. The van der Waals surface area contributed by atoms with E-state index in [4.69, 9.17) is 37.7 Å². The van der Waals surface area contributed by atoms with E-state index in [2.05, 4.69) is 0 Å². The molecule has 39 heavy (non-hydrogen) atoms. The molecule has 0 fully saturated rings. The first-order valence-corrected chi connectivity index (χ1v) is 14.3. The van der Waals surface area contributed by atoms with Crippen LogP contribution in [0, 0.1) is 17.5 Å². The van der Waals surface area contributed by atoms with Gasteiger partial charge >= 0.3 is 0 Å². The molecule has 204 valence electrons. The molecule has 0 saturated carbocycles. The molecule has 4 nitrogen and oxygen atoms in total. The molecule has 0 spiro atoms. The maximum absolute atomic E-state index is 14.9. The third-order valence-electron chi connectivity index (χ3n) is 6.66. The molecule has 1 heterocycles. The molecular formula is C29H25Cl2F3N2O2S. The van der Waals surface area contributed by atoms with Gasteiger partial charge in [-0.05, 0) is 61.2 Å². The highest BCUT2D eigenvalue weighted by Crippen LogP contribution is 2.43. The van der Waals surface area contributed by atoms with Crippen LogP contribution in [-0.4, -0.2) is 29.1 Å². The number of benzene rings is 3. The number of rotatable bonds is 9. The summed E-state index contributed by atoms with van der Waals surface area (Å²) in [6.45, 7) is 0.149. The predicted molar refractivity (Wildman–Crippen MR) is 148 cm³/mol. The van der Waals surface area contributed by atoms with Gasteiger partial charge in [0.25, 0.3) is 0 Å². The van der Waals surface area contributed by atoms with E-state index in [0.29, 0.717) is 21.6 Å². The van der Waals surface area contributed by atoms with Gasteiger partial charge in [-0.3, -0.25) is 4.57 Å². The molecule has 0 amide bonds. The summed E-state index contributed by atoms with van der Waals surface area (Å²) in [4.78, 5) is 4.91. The summed E-state index contributed by atoms with van der Waals surface area (Å²) in [5, 5.41) is 1.09. The zero-order valence-electron chi connectivity index (χ0n) is 21.0. The van der Waals surface area contributed by atoms with Crippen LogP contribution >= 0.6 is 35.0 Å². The van der Waals surface area contributed by atoms with Gasteiger partial charge in [0, 0.05) is 35.1 Å². The fourth-order valence-corrected chi connectivity index (χ4v) is 6.18. The van der Waals surface area contributed by atoms with Crippen molar-refractivity contribution in [1.82, 2.24) is 9.55 Å². The predicted octanol–water partition coefficient (Wildman–Crippen LogP) is 8.33. The Balaban J connectivity index is 1.55. The number of methoxy groups -OCH3 is 1. The SMILES string of the molecule is COc1cc(C2CCCc3nc(SCc4c(F)cc(OCCCl)cc4F)n(-c4ccc(F)cc4)c32)ccc1Cl. The fraction of sp³-hybridized carbons (Fsp3) is 0.276. The molecule has 0 N–H and O–H groups in total. The molecule has 5 rings (SSSR count). The first kappa shape index (κ1) is 27.7. The lowest BCUT2D eigenvalue weighted by molar-refractivity contribution is 0.338. The second-order valence-electron chi connectivity index (χ2n) is 9.07. The smallest absolute Gasteiger partial charge is 0.173 e. The topological polar surface area (TPSA) is 36.3 Å². The monoisotopic (exact) mass is 592 g/mol. The average Bonchev–Trinajstić information content (AvgIpc) is 3.30. The normalized spacial score (nSPS) is 14.8. The minimum absolute atomic E-state index is 0.00394. The van der Waals surface area contributed by atoms with Gasteiger partial charge in [0.2, 0.25) is 0 Å². The first-order valence-electron chi connectivity index (χ1n) is 12.4. The molecule has 0 bridgehead atoms. The van der Waals surface area contributed by atoms with Crippen LogP contribution in [-0.2, 0) is 12.2 Å². The maximum atomic E-state index is 14.9. The molecule has 3 aromatic carbocycles. The van der Waals surface area contributed by atoms with Crippen LogP contribution in [0.15, 0.2) is 59.8 Å². The summed E-state index contributed by atoms with van der Waals surface area (Å²) >= 11 is 13.1. The Bertz CT molecular complexity index is 1460. The number of alkyl halides is 1. The zero-order chi connectivity index (χ0) is 27.5. The zero-order valence-corrected chi connectivity index (χ0v) is 23.4. The van der Waals surface area contributed by atoms with Gasteiger partial charge in [0.05, 0.1) is 29.4 Å². The van der Waals surface area contributed by atoms with E-state index in [1.54, 1.807) is 19.2 Å². The molecule has 0 saturated heterocycles. The van der Waals surface area contributed by atoms with Crippen molar-refractivity contribution in [2.24, 2.45) is 0 Å². The second kappa shape index (κ2) is 12.1. The van der Waals surface area contributed by atoms with E-state index >= 15 is 0 Å². The molecule has 1 aromatic heterocycles. The van der Waals surface area contributed by atoms with Crippen LogP contribution in [0.25, 0.3) is 5.69 Å². The Morgan fingerprint density at radius 3 is 2.49 bits per heavy atom. The van der Waals surface area contributed by atoms with Crippen LogP contribution < -0.4 is 9.47 Å². The molecule has 4 aromatic rings. The van der Waals surface area contributed by atoms with E-state index in [0.717, 1.165) is 48.3 Å². The standard InChI is InChI=1S/C29H25Cl2F3N2O2S/c1-37-27-13-17(5-10-23(27)31)21-3-2-4-26-28(21)36(19-8-6-18(32)7-9-19)29(35-26)39-16-22-24(33)14-20(15-25(22)34)38-12-11-30/h5-10,13-15,21H,2-4,11-12,16H2,1H3. The lowest BCUT2D eigenvalue weighted by Gasteiger charge is -2.26. The van der Waals surface area contributed by atoms with Crippen molar-refractivity contribution in [3.05, 3.63) is 99.6 Å². The van der Waals surface area contributed by atoms with E-state index in [9.17, 15) is 13.2 Å². The van der Waals surface area contributed by atoms with Gasteiger partial charge < -0.3 is 9.47 Å². The minimum Gasteiger partial charge on any atom is -0.495 e. The van der Waals surface area contributed by atoms with Crippen LogP contribution in [0.5, 0.6) is 11.5 Å². The van der Waals surface area contributed by atoms with E-state index in [1.807, 2.05) is 22.8 Å². The number of hydrogen-bond acceptors (Lipinski definition) is 4. The molecule has 1 atom stereocenters. The van der Waals surface area contributed by atoms with Crippen LogP contribution in [0.1, 0.15) is 41.3 Å². The molecule has 1 aliphatic carbocycles. The Hall–Kier alpha value is -2.81. The number of aromatic nitrogens is 2. The van der Waals surface area contributed by atoms with Gasteiger partial charge in [0.1, 0.15) is 35.6 Å². The van der Waals surface area contributed by atoms with Gasteiger partial charge in [-0.25, -0.2) is 18.2 Å². The second-order valence-corrected chi connectivity index (χ2v) is 10.8. The number of imidazole rings is 1. The number of thioether (sulfide) groups is 1. The third-order valence-corrected chi connectivity index (χ3v) is 8.09. The number of ether oxygens (including phenoxy) is 2. The van der Waals surface area contributed by atoms with Crippen molar-refractivity contribution in [2.45, 2.75) is 36.1 Å². The van der Waals surface area contributed by atoms with Crippen molar-refractivity contribution in [3.8, 4) is 17.2 Å². The third kappa shape index (κ3) is 5.88. The molecule has 10 heteroatoms. The summed E-state index contributed by atoms with van der Waals surface area (Å²) in [5.41, 5.74) is 3.51. The number of fused-ring (bicyclic) bond motifs is 1. The van der Waals surface area contributed by atoms with Crippen LogP contribution in [0.4, 0.5) is 13.2 Å². The number of nitrogens with zero attached hydrogens (tertiary/aromatic N) is 2. The summed E-state index contributed by atoms with van der Waals surface area (Å²) in [7, 11) is 1.57. The van der Waals surface area contributed by atoms with E-state index in [1.165, 1.54) is 23.9 Å². The Morgan fingerprint density at radius 2 is 1.79 bits per heavy atom. The maximum Gasteiger partial charge on any atom is 0.173 e. The van der Waals surface area contributed by atoms with Crippen LogP contribution in [0.3, 0.4) is 0 Å². The molecule has 0 aliphatic heterocycles. The number of halogens is 5. The summed E-state index contributed by atoms with van der Waals surface area (Å²) < 4.78 is 56.3. The molecule has 1 aliphatic rings. The van der Waals surface area contributed by atoms with E-state index < -0.39 is 11.6 Å². The van der Waals surface area contributed by atoms with Crippen molar-refractivity contribution in [3.63, 3.8) is 0 Å². The van der Waals surface area contributed by atoms with Crippen molar-refractivity contribution >= 4 is 35.0 Å². The number of aryl methyl sites for hydroxylation is 1. The highest BCUT2D eigenvalue weighted by molar-refractivity contribution is 7.98. The first-order chi connectivity index (χ1) is 18.9. The molecular weight excluding hydrogens is 568 g/mol. The van der Waals surface area contributed by atoms with Crippen molar-refractivity contribution in [1.29, 1.82) is 0 Å². The Morgan fingerprint density at radius 1 is 1.05 bits per heavy atom. The highest BCUT2D eigenvalue weighted by atomic mass is 35.5. The van der Waals surface area contributed by atoms with Crippen molar-refractivity contribution in [2.75, 3.05) is 19.6 Å². The van der Waals surface area contributed by atoms with E-state index in [-0.39, 0.29) is 41.3 Å². The van der Waals surface area contributed by atoms with Gasteiger partial charge in [-0.1, -0.05) is 29.4 Å². The lowest BCUT2D eigenvalue weighted by atomic mass is 9.84. The summed E-state index contributed by atoms with van der Waals surface area (Å²) in [6.07, 6.45) is 2.54. The molecule has 0 radical (unpaired) electrons. The van der Waals surface area contributed by atoms with Crippen molar-refractivity contribution < 1.29 is 22.6 Å². The summed E-state index contributed by atoms with van der Waals surface area (Å²) in [5.74, 6) is -0.923.